The third kappa shape index (κ3) is 2.64. The second-order valence-corrected chi connectivity index (χ2v) is 10.6. The molecule has 31 heavy (non-hydrogen) atoms. The van der Waals surface area contributed by atoms with Crippen LogP contribution in [0, 0.1) is 28.6 Å². The van der Waals surface area contributed by atoms with Gasteiger partial charge in [0.1, 0.15) is 11.8 Å². The molecule has 0 heterocycles. The Balaban J connectivity index is 1.84. The molecule has 4 aliphatic rings. The maximum Gasteiger partial charge on any atom is 0.303 e. The van der Waals surface area contributed by atoms with Gasteiger partial charge in [-0.1, -0.05) is 19.9 Å². The summed E-state index contributed by atoms with van der Waals surface area (Å²) >= 11 is 5.56. The van der Waals surface area contributed by atoms with Gasteiger partial charge in [-0.3, -0.25) is 9.59 Å². The molecule has 4 rings (SSSR count). The number of allylic oxidation sites excluding steroid dienone is 4. The second-order valence-electron chi connectivity index (χ2n) is 10.2. The topological polar surface area (TPSA) is 52.6 Å². The highest BCUT2D eigenvalue weighted by Crippen LogP contribution is 2.71. The number of rotatable bonds is 2. The lowest BCUT2D eigenvalue weighted by atomic mass is 9.45. The largest absolute Gasteiger partial charge is 0.487 e. The highest BCUT2D eigenvalue weighted by Gasteiger charge is 2.75. The summed E-state index contributed by atoms with van der Waals surface area (Å²) in [7, 11) is 1.46. The van der Waals surface area contributed by atoms with E-state index >= 15 is 8.78 Å². The van der Waals surface area contributed by atoms with Crippen molar-refractivity contribution in [3.8, 4) is 0 Å². The highest BCUT2D eigenvalue weighted by atomic mass is 32.1. The van der Waals surface area contributed by atoms with E-state index in [1.807, 2.05) is 13.8 Å². The van der Waals surface area contributed by atoms with E-state index in [1.165, 1.54) is 26.2 Å². The summed E-state index contributed by atoms with van der Waals surface area (Å²) in [6.45, 7) is 6.97. The monoisotopic (exact) mass is 452 g/mol. The van der Waals surface area contributed by atoms with E-state index in [9.17, 15) is 9.59 Å². The van der Waals surface area contributed by atoms with Crippen molar-refractivity contribution in [2.75, 3.05) is 7.11 Å². The molecule has 0 amide bonds. The summed E-state index contributed by atoms with van der Waals surface area (Å²) < 4.78 is 43.8. The zero-order chi connectivity index (χ0) is 23.0. The van der Waals surface area contributed by atoms with Crippen LogP contribution in [0.1, 0.15) is 53.4 Å². The average Bonchev–Trinajstić information content (AvgIpc) is 2.92. The Bertz CT molecular complexity index is 915. The number of hydrogen-bond acceptors (Lipinski definition) is 5. The first-order chi connectivity index (χ1) is 14.4. The first kappa shape index (κ1) is 22.6. The maximum atomic E-state index is 17.0. The van der Waals surface area contributed by atoms with E-state index in [-0.39, 0.29) is 41.1 Å². The molecule has 7 heteroatoms. The van der Waals surface area contributed by atoms with Crippen molar-refractivity contribution < 1.29 is 27.8 Å². The van der Waals surface area contributed by atoms with Gasteiger partial charge in [-0.2, -0.15) is 0 Å². The van der Waals surface area contributed by atoms with Gasteiger partial charge in [-0.15, -0.1) is 0 Å². The Morgan fingerprint density at radius 2 is 1.90 bits per heavy atom. The minimum absolute atomic E-state index is 0.00190. The van der Waals surface area contributed by atoms with Gasteiger partial charge in [0.2, 0.25) is 5.05 Å². The molecule has 0 N–H and O–H groups in total. The van der Waals surface area contributed by atoms with Crippen molar-refractivity contribution in [2.45, 2.75) is 70.8 Å². The number of carbonyl (C=O) groups is 2. The molecule has 8 atom stereocenters. The quantitative estimate of drug-likeness (QED) is 0.443. The van der Waals surface area contributed by atoms with Gasteiger partial charge in [0, 0.05) is 29.6 Å². The highest BCUT2D eigenvalue weighted by molar-refractivity contribution is 7.80. The SMILES string of the molecule is COC(=S)[C@@]1(OC(C)=O)[C@H](C)C[C@H]2[C@@H]3C[C@H](F)C4=CC(=O)C=C[C@]4(C)[C@@]3(F)CC[C@@]21C. The molecule has 0 bridgehead atoms. The predicted octanol–water partition coefficient (Wildman–Crippen LogP) is 4.86. The third-order valence-electron chi connectivity index (χ3n) is 8.98. The maximum absolute atomic E-state index is 17.0. The molecule has 4 aliphatic carbocycles. The zero-order valence-electron chi connectivity index (χ0n) is 18.7. The summed E-state index contributed by atoms with van der Waals surface area (Å²) in [5.41, 5.74) is -4.49. The van der Waals surface area contributed by atoms with Gasteiger partial charge < -0.3 is 9.47 Å². The molecule has 0 spiro atoms. The Labute approximate surface area is 187 Å². The normalized spacial score (nSPS) is 48.2. The minimum Gasteiger partial charge on any atom is -0.487 e. The van der Waals surface area contributed by atoms with Crippen molar-refractivity contribution >= 4 is 29.0 Å². The van der Waals surface area contributed by atoms with Crippen molar-refractivity contribution in [1.29, 1.82) is 0 Å². The van der Waals surface area contributed by atoms with E-state index in [2.05, 4.69) is 0 Å². The van der Waals surface area contributed by atoms with Gasteiger partial charge in [0.25, 0.3) is 0 Å². The van der Waals surface area contributed by atoms with Crippen LogP contribution in [0.25, 0.3) is 0 Å². The molecule has 0 aromatic carbocycles. The van der Waals surface area contributed by atoms with Gasteiger partial charge in [0.15, 0.2) is 11.4 Å². The van der Waals surface area contributed by atoms with E-state index in [1.54, 1.807) is 13.0 Å². The van der Waals surface area contributed by atoms with Gasteiger partial charge in [-0.05, 0) is 68.5 Å². The fourth-order valence-electron chi connectivity index (χ4n) is 7.48. The standard InChI is InChI=1S/C24H30F2O4S/c1-13-10-16-17-12-19(25)18-11-15(28)6-7-21(18,3)23(17,26)9-8-22(16,4)24(13,20(31)29-5)30-14(2)27/h6-7,11,13,16-17,19H,8-10,12H2,1-5H3/t13-,16+,17+,19+,21+,22+,23-,24+/m1/s1. The van der Waals surface area contributed by atoms with E-state index in [0.717, 1.165) is 0 Å². The van der Waals surface area contributed by atoms with Crippen LogP contribution in [-0.2, 0) is 19.1 Å². The minimum atomic E-state index is -1.70. The van der Waals surface area contributed by atoms with Crippen LogP contribution in [0.5, 0.6) is 0 Å². The van der Waals surface area contributed by atoms with E-state index in [0.29, 0.717) is 12.8 Å². The van der Waals surface area contributed by atoms with Crippen LogP contribution in [0.2, 0.25) is 0 Å². The van der Waals surface area contributed by atoms with Crippen LogP contribution in [0.15, 0.2) is 23.8 Å². The summed E-state index contributed by atoms with van der Waals surface area (Å²) in [6, 6.07) is 0. The number of methoxy groups -OCH3 is 1. The Kier molecular flexibility index (Phi) is 5.04. The molecule has 0 aliphatic heterocycles. The molecule has 3 fully saturated rings. The van der Waals surface area contributed by atoms with Crippen molar-refractivity contribution in [2.24, 2.45) is 28.6 Å². The van der Waals surface area contributed by atoms with E-state index < -0.39 is 40.2 Å². The van der Waals surface area contributed by atoms with Crippen LogP contribution < -0.4 is 0 Å². The number of ketones is 1. The third-order valence-corrected chi connectivity index (χ3v) is 9.45. The smallest absolute Gasteiger partial charge is 0.303 e. The summed E-state index contributed by atoms with van der Waals surface area (Å²) in [6.07, 6.45) is 3.91. The molecule has 4 nitrogen and oxygen atoms in total. The molecule has 0 unspecified atom stereocenters. The predicted molar refractivity (Wildman–Crippen MR) is 116 cm³/mol. The molecular formula is C24H30F2O4S. The number of fused-ring (bicyclic) bond motifs is 5. The van der Waals surface area contributed by atoms with Crippen molar-refractivity contribution in [3.05, 3.63) is 23.8 Å². The average molecular weight is 453 g/mol. The number of thiocarbonyl (C=S) groups is 1. The number of carbonyl (C=O) groups excluding carboxylic acids is 2. The molecular weight excluding hydrogens is 422 g/mol. The Morgan fingerprint density at radius 1 is 1.23 bits per heavy atom. The van der Waals surface area contributed by atoms with Crippen molar-refractivity contribution in [1.82, 2.24) is 0 Å². The molecule has 0 radical (unpaired) electrons. The Morgan fingerprint density at radius 3 is 2.52 bits per heavy atom. The summed E-state index contributed by atoms with van der Waals surface area (Å²) in [5.74, 6) is -1.82. The van der Waals surface area contributed by atoms with Gasteiger partial charge in [-0.25, -0.2) is 8.78 Å². The fraction of sp³-hybridized carbons (Fsp3) is 0.708. The number of hydrogen-bond donors (Lipinski definition) is 0. The lowest BCUT2D eigenvalue weighted by Crippen LogP contribution is -2.65. The Hall–Kier alpha value is -1.63. The number of alkyl halides is 2. The number of esters is 1. The molecule has 3 saturated carbocycles. The van der Waals surface area contributed by atoms with Gasteiger partial charge >= 0.3 is 5.97 Å². The second kappa shape index (κ2) is 6.93. The lowest BCUT2D eigenvalue weighted by Gasteiger charge is -2.61. The lowest BCUT2D eigenvalue weighted by molar-refractivity contribution is -0.185. The number of ether oxygens (including phenoxy) is 2. The first-order valence-corrected chi connectivity index (χ1v) is 11.3. The first-order valence-electron chi connectivity index (χ1n) is 10.9. The van der Waals surface area contributed by atoms with Gasteiger partial charge in [0.05, 0.1) is 7.11 Å². The molecule has 0 aromatic rings. The molecule has 170 valence electrons. The number of halogens is 2. The van der Waals surface area contributed by atoms with Crippen LogP contribution >= 0.6 is 12.2 Å². The zero-order valence-corrected chi connectivity index (χ0v) is 19.5. The summed E-state index contributed by atoms with van der Waals surface area (Å²) in [5, 5.41) is 0.189. The molecule has 0 saturated heterocycles. The summed E-state index contributed by atoms with van der Waals surface area (Å²) in [4.78, 5) is 24.0. The van der Waals surface area contributed by atoms with Crippen LogP contribution in [0.3, 0.4) is 0 Å². The van der Waals surface area contributed by atoms with Crippen LogP contribution in [0.4, 0.5) is 8.78 Å². The van der Waals surface area contributed by atoms with Crippen LogP contribution in [-0.4, -0.2) is 41.4 Å². The fourth-order valence-corrected chi connectivity index (χ4v) is 7.95. The van der Waals surface area contributed by atoms with Crippen molar-refractivity contribution in [3.63, 3.8) is 0 Å². The van der Waals surface area contributed by atoms with E-state index in [4.69, 9.17) is 21.7 Å². The molecule has 0 aromatic heterocycles.